The zero-order chi connectivity index (χ0) is 30.0. The molecule has 0 aliphatic rings. The van der Waals surface area contributed by atoms with E-state index >= 15 is 4.39 Å². The van der Waals surface area contributed by atoms with E-state index in [1.807, 2.05) is 0 Å². The predicted molar refractivity (Wildman–Crippen MR) is 154 cm³/mol. The molecular weight excluding hydrogens is 548 g/mol. The minimum atomic E-state index is -0.774. The highest BCUT2D eigenvalue weighted by Crippen LogP contribution is 2.35. The van der Waals surface area contributed by atoms with E-state index in [1.165, 1.54) is 69.1 Å². The number of aryl methyl sites for hydroxylation is 1. The smallest absolute Gasteiger partial charge is 0.261 e. The molecule has 0 aliphatic heterocycles. The number of hydrogen-bond donors (Lipinski definition) is 2. The number of fused-ring (bicyclic) bond motifs is 1. The maximum absolute atomic E-state index is 15.2. The van der Waals surface area contributed by atoms with Gasteiger partial charge in [-0.1, -0.05) is 12.1 Å². The lowest BCUT2D eigenvalue weighted by Gasteiger charge is -2.16. The van der Waals surface area contributed by atoms with Crippen LogP contribution in [0.3, 0.4) is 0 Å². The highest BCUT2D eigenvalue weighted by Gasteiger charge is 2.21. The van der Waals surface area contributed by atoms with Gasteiger partial charge >= 0.3 is 0 Å². The van der Waals surface area contributed by atoms with Crippen LogP contribution in [0.4, 0.5) is 20.3 Å². The monoisotopic (exact) mass is 573 g/mol. The number of nitrogens with one attached hydrogen (secondary N) is 2. The van der Waals surface area contributed by atoms with Crippen molar-refractivity contribution in [1.82, 2.24) is 14.5 Å². The predicted octanol–water partition coefficient (Wildman–Crippen LogP) is 5.38. The van der Waals surface area contributed by atoms with Crippen molar-refractivity contribution in [2.75, 3.05) is 31.9 Å². The molecule has 3 aromatic heterocycles. The third kappa shape index (κ3) is 5.29. The lowest BCUT2D eigenvalue weighted by molar-refractivity contribution is 0.102. The number of aromatic nitrogens is 3. The summed E-state index contributed by atoms with van der Waals surface area (Å²) in [5.41, 5.74) is 0.719. The average molecular weight is 574 g/mol. The Morgan fingerprint density at radius 2 is 1.71 bits per heavy atom. The van der Waals surface area contributed by atoms with E-state index in [4.69, 9.17) is 14.2 Å². The number of carbonyl (C=O) groups excluding carboxylic acids is 1. The van der Waals surface area contributed by atoms with Crippen molar-refractivity contribution in [3.63, 3.8) is 0 Å². The summed E-state index contributed by atoms with van der Waals surface area (Å²) < 4.78 is 46.5. The molecule has 42 heavy (non-hydrogen) atoms. The average Bonchev–Trinajstić information content (AvgIpc) is 2.99. The number of carbonyl (C=O) groups is 1. The second-order valence-corrected chi connectivity index (χ2v) is 9.04. The molecule has 2 aromatic carbocycles. The zero-order valence-corrected chi connectivity index (χ0v) is 23.0. The molecular formula is C30H25F2N5O5. The Labute approximate surface area is 238 Å². The number of methoxy groups -OCH3 is 2. The summed E-state index contributed by atoms with van der Waals surface area (Å²) in [5, 5.41) is 5.50. The van der Waals surface area contributed by atoms with E-state index < -0.39 is 23.0 Å². The van der Waals surface area contributed by atoms with Gasteiger partial charge in [0.2, 0.25) is 5.43 Å². The van der Waals surface area contributed by atoms with Gasteiger partial charge in [-0.2, -0.15) is 0 Å². The second kappa shape index (κ2) is 11.5. The van der Waals surface area contributed by atoms with Crippen LogP contribution >= 0.6 is 0 Å². The fourth-order valence-corrected chi connectivity index (χ4v) is 4.45. The lowest BCUT2D eigenvalue weighted by atomic mass is 10.0. The number of anilines is 2. The van der Waals surface area contributed by atoms with Gasteiger partial charge in [0, 0.05) is 50.4 Å². The standard InChI is InChI=1S/C30H25F2N5O5/c1-33-28-25(16-5-7-17(31)8-6-16)27(38)19(15-37(28)2)29(39)35-18-9-10-22(20(32)13-18)42-23-11-12-34-21-14-24(40-3)30(41-4)36-26(21)23/h5-15,33H,1-4H3,(H,35,39). The molecule has 12 heteroatoms. The van der Waals surface area contributed by atoms with E-state index in [-0.39, 0.29) is 34.2 Å². The van der Waals surface area contributed by atoms with Gasteiger partial charge in [-0.25, -0.2) is 13.8 Å². The number of halogens is 2. The minimum absolute atomic E-state index is 0.0945. The SMILES string of the molecule is CNc1c(-c2ccc(F)cc2)c(=O)c(C(=O)Nc2ccc(Oc3ccnc4cc(OC)c(OC)nc34)c(F)c2)cn1C. The van der Waals surface area contributed by atoms with E-state index in [0.717, 1.165) is 6.07 Å². The van der Waals surface area contributed by atoms with Crippen molar-refractivity contribution in [3.05, 3.63) is 94.4 Å². The van der Waals surface area contributed by atoms with Crippen LogP contribution in [0.15, 0.2) is 71.8 Å². The van der Waals surface area contributed by atoms with Crippen LogP contribution in [0.2, 0.25) is 0 Å². The molecule has 0 radical (unpaired) electrons. The van der Waals surface area contributed by atoms with Crippen LogP contribution in [0.1, 0.15) is 10.4 Å². The molecule has 0 aliphatic carbocycles. The fourth-order valence-electron chi connectivity index (χ4n) is 4.45. The van der Waals surface area contributed by atoms with Crippen molar-refractivity contribution >= 4 is 28.4 Å². The van der Waals surface area contributed by atoms with Crippen LogP contribution < -0.4 is 30.3 Å². The van der Waals surface area contributed by atoms with Gasteiger partial charge in [0.25, 0.3) is 11.8 Å². The third-order valence-electron chi connectivity index (χ3n) is 6.43. The van der Waals surface area contributed by atoms with Gasteiger partial charge in [-0.3, -0.25) is 14.6 Å². The summed E-state index contributed by atoms with van der Waals surface area (Å²) in [5.74, 6) is -0.881. The lowest BCUT2D eigenvalue weighted by Crippen LogP contribution is -2.26. The van der Waals surface area contributed by atoms with E-state index in [1.54, 1.807) is 24.7 Å². The maximum Gasteiger partial charge on any atom is 0.261 e. The first-order chi connectivity index (χ1) is 20.2. The van der Waals surface area contributed by atoms with Crippen molar-refractivity contribution in [2.45, 2.75) is 0 Å². The Morgan fingerprint density at radius 1 is 0.952 bits per heavy atom. The maximum atomic E-state index is 15.2. The summed E-state index contributed by atoms with van der Waals surface area (Å²) in [6.45, 7) is 0. The number of hydrogen-bond acceptors (Lipinski definition) is 8. The van der Waals surface area contributed by atoms with Crippen molar-refractivity contribution in [3.8, 4) is 34.3 Å². The van der Waals surface area contributed by atoms with Gasteiger partial charge < -0.3 is 29.4 Å². The molecule has 5 rings (SSSR count). The molecule has 214 valence electrons. The summed E-state index contributed by atoms with van der Waals surface area (Å²) >= 11 is 0. The highest BCUT2D eigenvalue weighted by atomic mass is 19.1. The third-order valence-corrected chi connectivity index (χ3v) is 6.43. The number of pyridine rings is 3. The van der Waals surface area contributed by atoms with Crippen LogP contribution in [0.25, 0.3) is 22.2 Å². The van der Waals surface area contributed by atoms with Gasteiger partial charge in [-0.05, 0) is 29.8 Å². The van der Waals surface area contributed by atoms with Crippen molar-refractivity contribution in [1.29, 1.82) is 0 Å². The normalized spacial score (nSPS) is 10.8. The van der Waals surface area contributed by atoms with Crippen LogP contribution in [0, 0.1) is 11.6 Å². The zero-order valence-electron chi connectivity index (χ0n) is 23.0. The molecule has 0 fully saturated rings. The molecule has 0 bridgehead atoms. The topological polar surface area (TPSA) is 117 Å². The quantitative estimate of drug-likeness (QED) is 0.254. The summed E-state index contributed by atoms with van der Waals surface area (Å²) in [6.07, 6.45) is 2.85. The Bertz CT molecular complexity index is 1880. The number of benzene rings is 2. The number of rotatable bonds is 8. The summed E-state index contributed by atoms with van der Waals surface area (Å²) in [4.78, 5) is 35.2. The van der Waals surface area contributed by atoms with Crippen molar-refractivity contribution < 1.29 is 27.8 Å². The van der Waals surface area contributed by atoms with Crippen LogP contribution in [-0.4, -0.2) is 41.7 Å². The molecule has 3 heterocycles. The minimum Gasteiger partial charge on any atom is -0.491 e. The molecule has 0 saturated heterocycles. The number of ether oxygens (including phenoxy) is 3. The van der Waals surface area contributed by atoms with Gasteiger partial charge in [0.05, 0.1) is 25.3 Å². The molecule has 10 nitrogen and oxygen atoms in total. The molecule has 0 saturated carbocycles. The number of nitrogens with zero attached hydrogens (tertiary/aromatic N) is 3. The molecule has 0 atom stereocenters. The molecule has 1 amide bonds. The Morgan fingerprint density at radius 3 is 2.38 bits per heavy atom. The first-order valence-corrected chi connectivity index (χ1v) is 12.6. The first kappa shape index (κ1) is 28.0. The van der Waals surface area contributed by atoms with Gasteiger partial charge in [-0.15, -0.1) is 0 Å². The molecule has 5 aromatic rings. The second-order valence-electron chi connectivity index (χ2n) is 9.04. The van der Waals surface area contributed by atoms with Gasteiger partial charge in [0.1, 0.15) is 22.7 Å². The van der Waals surface area contributed by atoms with E-state index in [0.29, 0.717) is 28.2 Å². The van der Waals surface area contributed by atoms with Crippen LogP contribution in [-0.2, 0) is 7.05 Å². The van der Waals surface area contributed by atoms with Crippen LogP contribution in [0.5, 0.6) is 23.1 Å². The Balaban J connectivity index is 1.43. The summed E-state index contributed by atoms with van der Waals surface area (Å²) in [6, 6.07) is 12.4. The molecule has 2 N–H and O–H groups in total. The van der Waals surface area contributed by atoms with Crippen molar-refractivity contribution in [2.24, 2.45) is 7.05 Å². The van der Waals surface area contributed by atoms with E-state index in [2.05, 4.69) is 20.6 Å². The van der Waals surface area contributed by atoms with Gasteiger partial charge in [0.15, 0.2) is 23.1 Å². The molecule has 0 unspecified atom stereocenters. The highest BCUT2D eigenvalue weighted by molar-refractivity contribution is 6.05. The van der Waals surface area contributed by atoms with E-state index in [9.17, 15) is 14.0 Å². The Hall–Kier alpha value is -5.52. The first-order valence-electron chi connectivity index (χ1n) is 12.6. The summed E-state index contributed by atoms with van der Waals surface area (Å²) in [7, 11) is 6.20. The Kier molecular flexibility index (Phi) is 7.69. The fraction of sp³-hybridized carbons (Fsp3) is 0.133. The number of amides is 1. The largest absolute Gasteiger partial charge is 0.491 e. The molecule has 0 spiro atoms.